The molecule has 4 aromatic rings. The normalized spacial score (nSPS) is 11.0. The Morgan fingerprint density at radius 3 is 2.43 bits per heavy atom. The van der Waals surface area contributed by atoms with Crippen molar-refractivity contribution in [3.8, 4) is 5.69 Å². The zero-order valence-electron chi connectivity index (χ0n) is 18.4. The Morgan fingerprint density at radius 1 is 1.03 bits per heavy atom. The second-order valence-corrected chi connectivity index (χ2v) is 8.33. The van der Waals surface area contributed by atoms with Gasteiger partial charge in [0.15, 0.2) is 11.0 Å². The summed E-state index contributed by atoms with van der Waals surface area (Å²) in [5, 5.41) is 22.9. The lowest BCUT2D eigenvalue weighted by molar-refractivity contribution is -0.384. The molecule has 1 amide bonds. The Labute approximate surface area is 204 Å². The van der Waals surface area contributed by atoms with Crippen molar-refractivity contribution in [3.63, 3.8) is 0 Å². The Bertz CT molecular complexity index is 1340. The number of carbonyl (C=O) groups is 1. The molecule has 0 saturated heterocycles. The lowest BCUT2D eigenvalue weighted by Gasteiger charge is -2.10. The Hall–Kier alpha value is -4.31. The van der Waals surface area contributed by atoms with Gasteiger partial charge in [-0.15, -0.1) is 10.2 Å². The summed E-state index contributed by atoms with van der Waals surface area (Å²) in [5.74, 6) is 0.360. The van der Waals surface area contributed by atoms with Crippen molar-refractivity contribution >= 4 is 29.4 Å². The van der Waals surface area contributed by atoms with Gasteiger partial charge >= 0.3 is 0 Å². The van der Waals surface area contributed by atoms with Crippen LogP contribution in [0.1, 0.15) is 17.0 Å². The van der Waals surface area contributed by atoms with Gasteiger partial charge in [-0.25, -0.2) is 4.39 Å². The van der Waals surface area contributed by atoms with Gasteiger partial charge in [-0.1, -0.05) is 54.2 Å². The molecule has 0 fully saturated rings. The van der Waals surface area contributed by atoms with Crippen LogP contribution >= 0.6 is 11.8 Å². The summed E-state index contributed by atoms with van der Waals surface area (Å²) in [5.41, 5.74) is 2.38. The van der Waals surface area contributed by atoms with E-state index in [0.29, 0.717) is 22.4 Å². The molecule has 8 nitrogen and oxygen atoms in total. The van der Waals surface area contributed by atoms with Crippen LogP contribution in [-0.4, -0.2) is 25.6 Å². The minimum atomic E-state index is -0.472. The van der Waals surface area contributed by atoms with E-state index < -0.39 is 4.92 Å². The molecule has 35 heavy (non-hydrogen) atoms. The number of rotatable bonds is 9. The van der Waals surface area contributed by atoms with E-state index in [1.165, 1.54) is 42.1 Å². The highest BCUT2D eigenvalue weighted by molar-refractivity contribution is 7.98. The van der Waals surface area contributed by atoms with E-state index in [1.54, 1.807) is 34.9 Å². The summed E-state index contributed by atoms with van der Waals surface area (Å²) < 4.78 is 14.9. The summed E-state index contributed by atoms with van der Waals surface area (Å²) in [4.78, 5) is 22.9. The predicted molar refractivity (Wildman–Crippen MR) is 131 cm³/mol. The molecule has 0 saturated carbocycles. The first-order valence-electron chi connectivity index (χ1n) is 10.6. The van der Waals surface area contributed by atoms with Crippen LogP contribution in [0.25, 0.3) is 11.8 Å². The number of thioether (sulfide) groups is 1. The molecule has 10 heteroatoms. The standard InChI is InChI=1S/C25H20FN5O3S/c26-20-9-6-19(7-10-20)17-35-25-29-28-23(30(25)21-11-13-22(14-12-21)31(33)34)16-27-24(32)15-8-18-4-2-1-3-5-18/h1-15H,16-17H2,(H,27,32)/b15-8+. The second-order valence-electron chi connectivity index (χ2n) is 7.38. The van der Waals surface area contributed by atoms with E-state index in [-0.39, 0.29) is 24.0 Å². The number of amides is 1. The first-order chi connectivity index (χ1) is 17.0. The number of nitrogens with zero attached hydrogens (tertiary/aromatic N) is 4. The van der Waals surface area contributed by atoms with Crippen molar-refractivity contribution in [2.24, 2.45) is 0 Å². The summed E-state index contributed by atoms with van der Waals surface area (Å²) in [6, 6.07) is 21.6. The molecule has 4 rings (SSSR count). The van der Waals surface area contributed by atoms with Crippen LogP contribution in [0.15, 0.2) is 90.1 Å². The molecule has 1 aromatic heterocycles. The maximum atomic E-state index is 13.2. The fourth-order valence-electron chi connectivity index (χ4n) is 3.18. The van der Waals surface area contributed by atoms with Crippen LogP contribution in [0, 0.1) is 15.9 Å². The van der Waals surface area contributed by atoms with E-state index in [2.05, 4.69) is 15.5 Å². The van der Waals surface area contributed by atoms with E-state index in [9.17, 15) is 19.3 Å². The fourth-order valence-corrected chi connectivity index (χ4v) is 4.11. The summed E-state index contributed by atoms with van der Waals surface area (Å²) in [7, 11) is 0. The van der Waals surface area contributed by atoms with Crippen molar-refractivity contribution in [2.75, 3.05) is 0 Å². The average molecular weight is 490 g/mol. The monoisotopic (exact) mass is 489 g/mol. The molecule has 0 aliphatic rings. The molecule has 1 N–H and O–H groups in total. The quantitative estimate of drug-likeness (QED) is 0.155. The van der Waals surface area contributed by atoms with Gasteiger partial charge in [-0.3, -0.25) is 19.5 Å². The minimum Gasteiger partial charge on any atom is -0.345 e. The zero-order chi connectivity index (χ0) is 24.6. The fraction of sp³-hybridized carbons (Fsp3) is 0.0800. The SMILES string of the molecule is O=C(/C=C/c1ccccc1)NCc1nnc(SCc2ccc(F)cc2)n1-c1ccc([N+](=O)[O-])cc1. The maximum absolute atomic E-state index is 13.2. The maximum Gasteiger partial charge on any atom is 0.269 e. The van der Waals surface area contributed by atoms with Crippen molar-refractivity contribution in [2.45, 2.75) is 17.5 Å². The second kappa shape index (κ2) is 11.2. The molecule has 0 spiro atoms. The number of hydrogen-bond acceptors (Lipinski definition) is 6. The van der Waals surface area contributed by atoms with E-state index in [4.69, 9.17) is 0 Å². The molecule has 1 heterocycles. The largest absolute Gasteiger partial charge is 0.345 e. The third-order valence-corrected chi connectivity index (χ3v) is 5.95. The van der Waals surface area contributed by atoms with Crippen LogP contribution in [0.4, 0.5) is 10.1 Å². The van der Waals surface area contributed by atoms with Crippen molar-refractivity contribution < 1.29 is 14.1 Å². The molecule has 0 aliphatic carbocycles. The number of nitrogens with one attached hydrogen (secondary N) is 1. The smallest absolute Gasteiger partial charge is 0.269 e. The van der Waals surface area contributed by atoms with Gasteiger partial charge in [0, 0.05) is 29.6 Å². The molecule has 0 unspecified atom stereocenters. The number of aromatic nitrogens is 3. The first-order valence-corrected chi connectivity index (χ1v) is 11.6. The molecule has 0 bridgehead atoms. The number of nitro groups is 1. The molecule has 176 valence electrons. The Balaban J connectivity index is 1.53. The molecular formula is C25H20FN5O3S. The van der Waals surface area contributed by atoms with E-state index in [1.807, 2.05) is 30.3 Å². The topological polar surface area (TPSA) is 103 Å². The number of nitro benzene ring substituents is 1. The number of non-ortho nitro benzene ring substituents is 1. The third kappa shape index (κ3) is 6.39. The van der Waals surface area contributed by atoms with Crippen molar-refractivity contribution in [1.29, 1.82) is 0 Å². The zero-order valence-corrected chi connectivity index (χ0v) is 19.2. The average Bonchev–Trinajstić information content (AvgIpc) is 3.29. The third-order valence-electron chi connectivity index (χ3n) is 4.95. The van der Waals surface area contributed by atoms with Gasteiger partial charge in [0.05, 0.1) is 11.5 Å². The molecule has 0 atom stereocenters. The lowest BCUT2D eigenvalue weighted by atomic mass is 10.2. The van der Waals surface area contributed by atoms with Gasteiger partial charge in [-0.05, 0) is 41.5 Å². The number of hydrogen-bond donors (Lipinski definition) is 1. The first kappa shape index (κ1) is 23.8. The van der Waals surface area contributed by atoms with E-state index in [0.717, 1.165) is 11.1 Å². The number of benzene rings is 3. The summed E-state index contributed by atoms with van der Waals surface area (Å²) >= 11 is 1.38. The predicted octanol–water partition coefficient (Wildman–Crippen LogP) is 4.94. The van der Waals surface area contributed by atoms with Gasteiger partial charge in [0.25, 0.3) is 5.69 Å². The highest BCUT2D eigenvalue weighted by Gasteiger charge is 2.16. The van der Waals surface area contributed by atoms with E-state index >= 15 is 0 Å². The highest BCUT2D eigenvalue weighted by Crippen LogP contribution is 2.26. The molecule has 0 radical (unpaired) electrons. The number of carbonyl (C=O) groups excluding carboxylic acids is 1. The van der Waals surface area contributed by atoms with Crippen molar-refractivity contribution in [3.05, 3.63) is 118 Å². The van der Waals surface area contributed by atoms with Gasteiger partial charge in [-0.2, -0.15) is 0 Å². The highest BCUT2D eigenvalue weighted by atomic mass is 32.2. The minimum absolute atomic E-state index is 0.0387. The van der Waals surface area contributed by atoms with Gasteiger partial charge in [0.1, 0.15) is 5.82 Å². The molecular weight excluding hydrogens is 469 g/mol. The van der Waals surface area contributed by atoms with Crippen LogP contribution < -0.4 is 5.32 Å². The van der Waals surface area contributed by atoms with Gasteiger partial charge in [0.2, 0.25) is 5.91 Å². The lowest BCUT2D eigenvalue weighted by Crippen LogP contribution is -2.22. The summed E-state index contributed by atoms with van der Waals surface area (Å²) in [6.07, 6.45) is 3.15. The Kier molecular flexibility index (Phi) is 7.63. The number of halogens is 1. The van der Waals surface area contributed by atoms with Crippen LogP contribution in [-0.2, 0) is 17.1 Å². The van der Waals surface area contributed by atoms with Crippen LogP contribution in [0.5, 0.6) is 0 Å². The van der Waals surface area contributed by atoms with Crippen molar-refractivity contribution in [1.82, 2.24) is 20.1 Å². The summed E-state index contributed by atoms with van der Waals surface area (Å²) in [6.45, 7) is 0.0963. The van der Waals surface area contributed by atoms with Gasteiger partial charge < -0.3 is 5.32 Å². The Morgan fingerprint density at radius 2 is 1.74 bits per heavy atom. The van der Waals surface area contributed by atoms with Crippen LogP contribution in [0.2, 0.25) is 0 Å². The van der Waals surface area contributed by atoms with Crippen LogP contribution in [0.3, 0.4) is 0 Å². The molecule has 3 aromatic carbocycles. The molecule has 0 aliphatic heterocycles.